The van der Waals surface area contributed by atoms with Crippen molar-refractivity contribution in [3.05, 3.63) is 29.8 Å². The van der Waals surface area contributed by atoms with E-state index in [1.807, 2.05) is 0 Å². The molecule has 1 aromatic rings. The third-order valence-corrected chi connectivity index (χ3v) is 3.69. The van der Waals surface area contributed by atoms with Crippen LogP contribution in [0.4, 0.5) is 4.39 Å². The van der Waals surface area contributed by atoms with Crippen LogP contribution in [0.1, 0.15) is 25.5 Å². The summed E-state index contributed by atoms with van der Waals surface area (Å²) >= 11 is 0. The van der Waals surface area contributed by atoms with Crippen molar-refractivity contribution in [2.24, 2.45) is 5.41 Å². The van der Waals surface area contributed by atoms with Crippen LogP contribution in [0.15, 0.2) is 18.3 Å². The molecule has 1 aliphatic rings. The minimum atomic E-state index is -1.41. The lowest BCUT2D eigenvalue weighted by atomic mass is 9.69. The molecule has 1 aromatic heterocycles. The third-order valence-electron chi connectivity index (χ3n) is 3.69. The molecule has 0 aliphatic carbocycles. The maximum absolute atomic E-state index is 12.9. The van der Waals surface area contributed by atoms with E-state index in [0.29, 0.717) is 25.1 Å². The highest BCUT2D eigenvalue weighted by Crippen LogP contribution is 2.46. The Morgan fingerprint density at radius 2 is 2.44 bits per heavy atom. The highest BCUT2D eigenvalue weighted by atomic mass is 19.1. The van der Waals surface area contributed by atoms with Crippen LogP contribution in [0.5, 0.6) is 0 Å². The molecule has 0 spiro atoms. The largest absolute Gasteiger partial charge is 0.382 e. The first-order valence-electron chi connectivity index (χ1n) is 5.91. The molecule has 2 atom stereocenters. The Morgan fingerprint density at radius 3 is 2.89 bits per heavy atom. The molecule has 1 fully saturated rings. The molecule has 0 radical (unpaired) electrons. The Hall–Kier alpha value is -1.51. The molecule has 96 valence electrons. The Labute approximate surface area is 105 Å². The van der Waals surface area contributed by atoms with E-state index < -0.39 is 16.8 Å². The van der Waals surface area contributed by atoms with Gasteiger partial charge in [0.15, 0.2) is 0 Å². The van der Waals surface area contributed by atoms with E-state index in [4.69, 9.17) is 4.74 Å². The van der Waals surface area contributed by atoms with Gasteiger partial charge in [0.05, 0.1) is 24.6 Å². The number of nitrogens with zero attached hydrogens (tertiary/aromatic N) is 2. The Kier molecular flexibility index (Phi) is 3.33. The molecule has 0 bridgehead atoms. The number of hydrogen-bond acceptors (Lipinski definition) is 4. The monoisotopic (exact) mass is 250 g/mol. The molecule has 2 heterocycles. The van der Waals surface area contributed by atoms with Crippen LogP contribution in [0.2, 0.25) is 0 Å². The molecule has 4 nitrogen and oxygen atoms in total. The van der Waals surface area contributed by atoms with Crippen molar-refractivity contribution in [2.45, 2.75) is 25.4 Å². The zero-order valence-electron chi connectivity index (χ0n) is 10.2. The Balaban J connectivity index is 2.47. The van der Waals surface area contributed by atoms with E-state index in [9.17, 15) is 14.8 Å². The summed E-state index contributed by atoms with van der Waals surface area (Å²) in [5.74, 6) is -0.467. The first-order valence-corrected chi connectivity index (χ1v) is 5.91. The smallest absolute Gasteiger partial charge is 0.141 e. The predicted octanol–water partition coefficient (Wildman–Crippen LogP) is 1.75. The lowest BCUT2D eigenvalue weighted by Crippen LogP contribution is -2.45. The number of nitriles is 1. The summed E-state index contributed by atoms with van der Waals surface area (Å²) < 4.78 is 18.2. The zero-order chi connectivity index (χ0) is 13.2. The molecule has 0 amide bonds. The number of hydrogen-bond donors (Lipinski definition) is 1. The quantitative estimate of drug-likeness (QED) is 0.887. The standard InChI is InChI=1S/C13H15FN2O2/c1-2-13(17,11-4-3-10(14)7-16-11)12(8-15)5-6-18-9-12/h3-4,7,17H,2,5-6,9H2,1H3. The molecule has 1 N–H and O–H groups in total. The van der Waals surface area contributed by atoms with Crippen LogP contribution >= 0.6 is 0 Å². The minimum absolute atomic E-state index is 0.174. The van der Waals surface area contributed by atoms with Gasteiger partial charge in [0.1, 0.15) is 16.8 Å². The zero-order valence-corrected chi connectivity index (χ0v) is 10.2. The second-order valence-electron chi connectivity index (χ2n) is 4.57. The van der Waals surface area contributed by atoms with Gasteiger partial charge in [-0.05, 0) is 25.0 Å². The molecule has 5 heteroatoms. The molecule has 2 unspecified atom stereocenters. The summed E-state index contributed by atoms with van der Waals surface area (Å²) in [4.78, 5) is 3.93. The summed E-state index contributed by atoms with van der Waals surface area (Å²) in [5.41, 5.74) is -2.10. The van der Waals surface area contributed by atoms with Gasteiger partial charge in [-0.15, -0.1) is 0 Å². The van der Waals surface area contributed by atoms with Crippen molar-refractivity contribution < 1.29 is 14.2 Å². The topological polar surface area (TPSA) is 66.1 Å². The van der Waals surface area contributed by atoms with Crippen molar-refractivity contribution in [1.29, 1.82) is 5.26 Å². The van der Waals surface area contributed by atoms with E-state index in [2.05, 4.69) is 11.1 Å². The third kappa shape index (κ3) is 1.78. The van der Waals surface area contributed by atoms with E-state index in [-0.39, 0.29) is 6.61 Å². The predicted molar refractivity (Wildman–Crippen MR) is 61.9 cm³/mol. The molecule has 2 rings (SSSR count). The van der Waals surface area contributed by atoms with Gasteiger partial charge < -0.3 is 9.84 Å². The molecule has 1 saturated heterocycles. The van der Waals surface area contributed by atoms with Crippen molar-refractivity contribution in [1.82, 2.24) is 4.98 Å². The van der Waals surface area contributed by atoms with Crippen molar-refractivity contribution in [2.75, 3.05) is 13.2 Å². The van der Waals surface area contributed by atoms with Crippen LogP contribution in [0, 0.1) is 22.6 Å². The number of aromatic nitrogens is 1. The summed E-state index contributed by atoms with van der Waals surface area (Å²) in [6.07, 6.45) is 1.83. The summed E-state index contributed by atoms with van der Waals surface area (Å²) in [7, 11) is 0. The second kappa shape index (κ2) is 4.63. The average Bonchev–Trinajstić information content (AvgIpc) is 2.89. The van der Waals surface area contributed by atoms with Crippen LogP contribution in [0.3, 0.4) is 0 Å². The first-order chi connectivity index (χ1) is 8.58. The number of aliphatic hydroxyl groups is 1. The van der Waals surface area contributed by atoms with Crippen LogP contribution < -0.4 is 0 Å². The minimum Gasteiger partial charge on any atom is -0.382 e. The Bertz CT molecular complexity index is 463. The van der Waals surface area contributed by atoms with Gasteiger partial charge in [-0.3, -0.25) is 4.98 Å². The maximum Gasteiger partial charge on any atom is 0.141 e. The maximum atomic E-state index is 12.9. The molecule has 0 saturated carbocycles. The summed E-state index contributed by atoms with van der Waals surface area (Å²) in [6, 6.07) is 4.84. The number of ether oxygens (including phenoxy) is 1. The summed E-state index contributed by atoms with van der Waals surface area (Å²) in [6.45, 7) is 2.40. The van der Waals surface area contributed by atoms with Gasteiger partial charge in [0, 0.05) is 6.61 Å². The Morgan fingerprint density at radius 1 is 1.67 bits per heavy atom. The molecule has 18 heavy (non-hydrogen) atoms. The fourth-order valence-electron chi connectivity index (χ4n) is 2.46. The lowest BCUT2D eigenvalue weighted by Gasteiger charge is -2.38. The number of pyridine rings is 1. The number of rotatable bonds is 3. The summed E-state index contributed by atoms with van der Waals surface area (Å²) in [5, 5.41) is 20.3. The van der Waals surface area contributed by atoms with Gasteiger partial charge in [-0.2, -0.15) is 5.26 Å². The molecular weight excluding hydrogens is 235 g/mol. The van der Waals surface area contributed by atoms with Gasteiger partial charge in [0.25, 0.3) is 0 Å². The van der Waals surface area contributed by atoms with Gasteiger partial charge in [-0.25, -0.2) is 4.39 Å². The molecule has 0 aromatic carbocycles. The van der Waals surface area contributed by atoms with Crippen LogP contribution in [0.25, 0.3) is 0 Å². The SMILES string of the molecule is CCC(O)(c1ccc(F)cn1)C1(C#N)CCOC1. The molecule has 1 aliphatic heterocycles. The van der Waals surface area contributed by atoms with Crippen molar-refractivity contribution in [3.63, 3.8) is 0 Å². The van der Waals surface area contributed by atoms with E-state index in [0.717, 1.165) is 6.20 Å². The highest BCUT2D eigenvalue weighted by molar-refractivity contribution is 5.24. The van der Waals surface area contributed by atoms with Crippen LogP contribution in [-0.2, 0) is 10.3 Å². The van der Waals surface area contributed by atoms with E-state index in [1.54, 1.807) is 6.92 Å². The average molecular weight is 250 g/mol. The molecular formula is C13H15FN2O2. The first kappa shape index (κ1) is 12.9. The highest BCUT2D eigenvalue weighted by Gasteiger charge is 2.54. The fraction of sp³-hybridized carbons (Fsp3) is 0.538. The van der Waals surface area contributed by atoms with Gasteiger partial charge in [-0.1, -0.05) is 6.92 Å². The second-order valence-corrected chi connectivity index (χ2v) is 4.57. The lowest BCUT2D eigenvalue weighted by molar-refractivity contribution is -0.0709. The normalized spacial score (nSPS) is 26.6. The number of halogens is 1. The van der Waals surface area contributed by atoms with Gasteiger partial charge in [0.2, 0.25) is 0 Å². The fourth-order valence-corrected chi connectivity index (χ4v) is 2.46. The van der Waals surface area contributed by atoms with Crippen molar-refractivity contribution in [3.8, 4) is 6.07 Å². The van der Waals surface area contributed by atoms with Crippen LogP contribution in [-0.4, -0.2) is 23.3 Å². The van der Waals surface area contributed by atoms with Gasteiger partial charge >= 0.3 is 0 Å². The van der Waals surface area contributed by atoms with Crippen molar-refractivity contribution >= 4 is 0 Å². The van der Waals surface area contributed by atoms with E-state index in [1.165, 1.54) is 12.1 Å². The van der Waals surface area contributed by atoms with E-state index >= 15 is 0 Å².